The standard InChI is InChI=1S/C21H21F3N2O3/c1-12(2)9-19(20(28)26-17-5-4-6-18(27)13(17)3)29-15-8-7-14(11-25)16(10-15)21(22,23)24/h4-8,10,12,19,27H,9H2,1-3H3,(H,26,28). The summed E-state index contributed by atoms with van der Waals surface area (Å²) in [5.74, 6) is -0.683. The fourth-order valence-electron chi connectivity index (χ4n) is 2.70. The molecule has 2 N–H and O–H groups in total. The minimum atomic E-state index is -4.72. The molecule has 0 aliphatic carbocycles. The Labute approximate surface area is 166 Å². The highest BCUT2D eigenvalue weighted by molar-refractivity contribution is 5.95. The van der Waals surface area contributed by atoms with Gasteiger partial charge in [0.05, 0.1) is 17.2 Å². The van der Waals surface area contributed by atoms with E-state index in [1.807, 2.05) is 13.8 Å². The minimum Gasteiger partial charge on any atom is -0.508 e. The number of hydrogen-bond acceptors (Lipinski definition) is 4. The van der Waals surface area contributed by atoms with Crippen molar-refractivity contribution in [2.24, 2.45) is 5.92 Å². The summed E-state index contributed by atoms with van der Waals surface area (Å²) in [5.41, 5.74) is -0.805. The molecule has 154 valence electrons. The summed E-state index contributed by atoms with van der Waals surface area (Å²) in [6.07, 6.45) is -5.53. The molecule has 0 aliphatic heterocycles. The number of nitrogens with one attached hydrogen (secondary N) is 1. The number of halogens is 3. The van der Waals surface area contributed by atoms with Crippen molar-refractivity contribution in [3.05, 3.63) is 53.1 Å². The van der Waals surface area contributed by atoms with Gasteiger partial charge in [-0.3, -0.25) is 4.79 Å². The Balaban J connectivity index is 2.30. The molecule has 0 saturated carbocycles. The van der Waals surface area contributed by atoms with Gasteiger partial charge in [0, 0.05) is 11.3 Å². The number of aromatic hydroxyl groups is 1. The van der Waals surface area contributed by atoms with Gasteiger partial charge in [-0.2, -0.15) is 18.4 Å². The van der Waals surface area contributed by atoms with Gasteiger partial charge in [0.2, 0.25) is 0 Å². The minimum absolute atomic E-state index is 0.00559. The fraction of sp³-hybridized carbons (Fsp3) is 0.333. The summed E-state index contributed by atoms with van der Waals surface area (Å²) in [6.45, 7) is 5.33. The molecule has 1 unspecified atom stereocenters. The topological polar surface area (TPSA) is 82.3 Å². The van der Waals surface area contributed by atoms with Crippen molar-refractivity contribution >= 4 is 11.6 Å². The van der Waals surface area contributed by atoms with Crippen molar-refractivity contribution in [3.8, 4) is 17.6 Å². The number of carbonyl (C=O) groups excluding carboxylic acids is 1. The van der Waals surface area contributed by atoms with Gasteiger partial charge in [-0.15, -0.1) is 0 Å². The first kappa shape index (κ1) is 22.1. The monoisotopic (exact) mass is 406 g/mol. The second-order valence-corrected chi connectivity index (χ2v) is 6.99. The van der Waals surface area contributed by atoms with Crippen LogP contribution in [-0.4, -0.2) is 17.1 Å². The third-order valence-electron chi connectivity index (χ3n) is 4.24. The molecule has 2 aromatic carbocycles. The Morgan fingerprint density at radius 3 is 2.55 bits per heavy atom. The predicted molar refractivity (Wildman–Crippen MR) is 102 cm³/mol. The van der Waals surface area contributed by atoms with Gasteiger partial charge in [-0.05, 0) is 49.6 Å². The second-order valence-electron chi connectivity index (χ2n) is 6.99. The molecule has 0 bridgehead atoms. The summed E-state index contributed by atoms with van der Waals surface area (Å²) in [4.78, 5) is 12.7. The second kappa shape index (κ2) is 8.86. The number of nitrogens with zero attached hydrogens (tertiary/aromatic N) is 1. The maximum atomic E-state index is 13.2. The summed E-state index contributed by atoms with van der Waals surface area (Å²) in [6, 6.07) is 9.11. The normalized spacial score (nSPS) is 12.3. The lowest BCUT2D eigenvalue weighted by Gasteiger charge is -2.22. The molecule has 0 aromatic heterocycles. The van der Waals surface area contributed by atoms with E-state index in [9.17, 15) is 23.1 Å². The average molecular weight is 406 g/mol. The third-order valence-corrected chi connectivity index (χ3v) is 4.24. The van der Waals surface area contributed by atoms with E-state index in [1.165, 1.54) is 18.2 Å². The zero-order chi connectivity index (χ0) is 21.8. The Hall–Kier alpha value is -3.21. The molecule has 0 fully saturated rings. The fourth-order valence-corrected chi connectivity index (χ4v) is 2.70. The lowest BCUT2D eigenvalue weighted by atomic mass is 10.0. The SMILES string of the molecule is Cc1c(O)cccc1NC(=O)C(CC(C)C)Oc1ccc(C#N)c(C(F)(F)F)c1. The molecular formula is C21H21F3N2O3. The van der Waals surface area contributed by atoms with Crippen LogP contribution in [0.5, 0.6) is 11.5 Å². The molecule has 1 amide bonds. The summed E-state index contributed by atoms with van der Waals surface area (Å²) < 4.78 is 45.1. The third kappa shape index (κ3) is 5.64. The Bertz CT molecular complexity index is 934. The van der Waals surface area contributed by atoms with E-state index in [4.69, 9.17) is 10.00 Å². The molecule has 2 rings (SSSR count). The first-order chi connectivity index (χ1) is 13.5. The summed E-state index contributed by atoms with van der Waals surface area (Å²) in [5, 5.41) is 21.3. The maximum absolute atomic E-state index is 13.2. The number of amides is 1. The number of ether oxygens (including phenoxy) is 1. The van der Waals surface area contributed by atoms with E-state index >= 15 is 0 Å². The number of hydrogen-bond donors (Lipinski definition) is 2. The molecule has 0 heterocycles. The lowest BCUT2D eigenvalue weighted by molar-refractivity contribution is -0.137. The van der Waals surface area contributed by atoms with Crippen molar-refractivity contribution in [1.29, 1.82) is 5.26 Å². The van der Waals surface area contributed by atoms with Gasteiger partial charge in [0.15, 0.2) is 6.10 Å². The van der Waals surface area contributed by atoms with Crippen LogP contribution < -0.4 is 10.1 Å². The van der Waals surface area contributed by atoms with E-state index in [2.05, 4.69) is 5.32 Å². The van der Waals surface area contributed by atoms with Crippen LogP contribution in [0, 0.1) is 24.2 Å². The first-order valence-corrected chi connectivity index (χ1v) is 8.90. The van der Waals surface area contributed by atoms with Crippen molar-refractivity contribution in [2.45, 2.75) is 39.5 Å². The maximum Gasteiger partial charge on any atom is 0.417 e. The molecule has 5 nitrogen and oxygen atoms in total. The highest BCUT2D eigenvalue weighted by Gasteiger charge is 2.34. The molecular weight excluding hydrogens is 385 g/mol. The van der Waals surface area contributed by atoms with E-state index in [0.717, 1.165) is 12.1 Å². The zero-order valence-electron chi connectivity index (χ0n) is 16.2. The highest BCUT2D eigenvalue weighted by atomic mass is 19.4. The summed E-state index contributed by atoms with van der Waals surface area (Å²) in [7, 11) is 0. The van der Waals surface area contributed by atoms with Crippen molar-refractivity contribution in [3.63, 3.8) is 0 Å². The van der Waals surface area contributed by atoms with E-state index in [1.54, 1.807) is 19.1 Å². The van der Waals surface area contributed by atoms with Crippen molar-refractivity contribution in [1.82, 2.24) is 0 Å². The molecule has 0 spiro atoms. The van der Waals surface area contributed by atoms with Gasteiger partial charge in [-0.25, -0.2) is 0 Å². The largest absolute Gasteiger partial charge is 0.508 e. The summed E-state index contributed by atoms with van der Waals surface area (Å²) >= 11 is 0. The van der Waals surface area contributed by atoms with Crippen LogP contribution in [0.2, 0.25) is 0 Å². The quantitative estimate of drug-likeness (QED) is 0.705. The molecule has 0 radical (unpaired) electrons. The molecule has 1 atom stereocenters. The molecule has 2 aromatic rings. The first-order valence-electron chi connectivity index (χ1n) is 8.90. The van der Waals surface area contributed by atoms with Crippen LogP contribution in [0.4, 0.5) is 18.9 Å². The number of phenols is 1. The number of carbonyl (C=O) groups is 1. The van der Waals surface area contributed by atoms with Gasteiger partial charge < -0.3 is 15.2 Å². The van der Waals surface area contributed by atoms with Crippen LogP contribution in [0.15, 0.2) is 36.4 Å². The number of anilines is 1. The smallest absolute Gasteiger partial charge is 0.417 e. The van der Waals surface area contributed by atoms with Crippen LogP contribution in [0.3, 0.4) is 0 Å². The van der Waals surface area contributed by atoms with Crippen molar-refractivity contribution < 1.29 is 27.8 Å². The van der Waals surface area contributed by atoms with Gasteiger partial charge in [0.1, 0.15) is 11.5 Å². The van der Waals surface area contributed by atoms with E-state index in [-0.39, 0.29) is 23.8 Å². The number of phenolic OH excluding ortho intramolecular Hbond substituents is 1. The number of benzene rings is 2. The van der Waals surface area contributed by atoms with Crippen LogP contribution >= 0.6 is 0 Å². The van der Waals surface area contributed by atoms with Gasteiger partial charge in [0.25, 0.3) is 5.91 Å². The number of alkyl halides is 3. The Morgan fingerprint density at radius 2 is 1.97 bits per heavy atom. The van der Waals surface area contributed by atoms with E-state index in [0.29, 0.717) is 11.3 Å². The average Bonchev–Trinajstić information content (AvgIpc) is 2.63. The lowest BCUT2D eigenvalue weighted by Crippen LogP contribution is -2.34. The van der Waals surface area contributed by atoms with Gasteiger partial charge >= 0.3 is 6.18 Å². The Kier molecular flexibility index (Phi) is 6.75. The van der Waals surface area contributed by atoms with Crippen LogP contribution in [0.1, 0.15) is 37.0 Å². The molecule has 29 heavy (non-hydrogen) atoms. The number of nitriles is 1. The number of rotatable bonds is 6. The predicted octanol–water partition coefficient (Wildman–Crippen LogP) is 5.02. The molecule has 8 heteroatoms. The zero-order valence-corrected chi connectivity index (χ0v) is 16.2. The molecule has 0 aliphatic rings. The Morgan fingerprint density at radius 1 is 1.28 bits per heavy atom. The highest BCUT2D eigenvalue weighted by Crippen LogP contribution is 2.34. The van der Waals surface area contributed by atoms with Crippen molar-refractivity contribution in [2.75, 3.05) is 5.32 Å². The van der Waals surface area contributed by atoms with Crippen LogP contribution in [0.25, 0.3) is 0 Å². The molecule has 0 saturated heterocycles. The van der Waals surface area contributed by atoms with E-state index < -0.39 is 29.3 Å². The van der Waals surface area contributed by atoms with Gasteiger partial charge in [-0.1, -0.05) is 19.9 Å². The van der Waals surface area contributed by atoms with Crippen LogP contribution in [-0.2, 0) is 11.0 Å².